The van der Waals surface area contributed by atoms with E-state index in [-0.39, 0.29) is 26.4 Å². The lowest BCUT2D eigenvalue weighted by atomic mass is 10.0. The topological polar surface area (TPSA) is 151 Å². The molecular formula is C74H78N2O12. The maximum atomic E-state index is 13.1. The highest BCUT2D eigenvalue weighted by Crippen LogP contribution is 2.34. The highest BCUT2D eigenvalue weighted by molar-refractivity contribution is 5.93. The van der Waals surface area contributed by atoms with Crippen molar-refractivity contribution in [2.45, 2.75) is 78.1 Å². The quantitative estimate of drug-likeness (QED) is 0.0245. The van der Waals surface area contributed by atoms with Gasteiger partial charge in [0, 0.05) is 24.6 Å². The monoisotopic (exact) mass is 1190 g/mol. The number of hydrogen-bond acceptors (Lipinski definition) is 14. The van der Waals surface area contributed by atoms with E-state index in [1.54, 1.807) is 61.0 Å². The van der Waals surface area contributed by atoms with Crippen LogP contribution >= 0.6 is 0 Å². The molecule has 1 aliphatic rings. The molecule has 8 aromatic rings. The molecule has 0 spiro atoms. The summed E-state index contributed by atoms with van der Waals surface area (Å²) in [6.45, 7) is 8.13. The fraction of sp³-hybridized carbons (Fsp3) is 0.297. The van der Waals surface area contributed by atoms with Crippen molar-refractivity contribution in [3.05, 3.63) is 204 Å². The van der Waals surface area contributed by atoms with Gasteiger partial charge < -0.3 is 47.4 Å². The Labute approximate surface area is 517 Å². The number of unbranched alkanes of at least 4 members (excludes halogenated alkanes) is 8. The van der Waals surface area contributed by atoms with Crippen molar-refractivity contribution in [3.63, 3.8) is 0 Å². The van der Waals surface area contributed by atoms with Crippen LogP contribution in [-0.4, -0.2) is 90.4 Å². The minimum Gasteiger partial charge on any atom is -0.494 e. The third kappa shape index (κ3) is 20.5. The Hall–Kier alpha value is -9.24. The van der Waals surface area contributed by atoms with E-state index < -0.39 is 11.9 Å². The number of esters is 2. The van der Waals surface area contributed by atoms with Crippen molar-refractivity contribution >= 4 is 35.7 Å². The Balaban J connectivity index is 0.699. The molecule has 88 heavy (non-hydrogen) atoms. The van der Waals surface area contributed by atoms with Crippen LogP contribution in [0.5, 0.6) is 46.0 Å². The third-order valence-corrected chi connectivity index (χ3v) is 14.4. The zero-order valence-electron chi connectivity index (χ0n) is 50.4. The minimum absolute atomic E-state index is 0.254. The van der Waals surface area contributed by atoms with E-state index >= 15 is 0 Å². The Kier molecular flexibility index (Phi) is 25.0. The summed E-state index contributed by atoms with van der Waals surface area (Å²) in [5.74, 6) is 3.76. The van der Waals surface area contributed by atoms with Crippen LogP contribution in [0.1, 0.15) is 110 Å². The first kappa shape index (κ1) is 63.3. The predicted octanol–water partition coefficient (Wildman–Crippen LogP) is 16.9. The second-order valence-corrected chi connectivity index (χ2v) is 21.0. The average Bonchev–Trinajstić information content (AvgIpc) is 3.57. The predicted molar refractivity (Wildman–Crippen MR) is 346 cm³/mol. The SMILES string of the molecule is CCCCCCCOc1ccc(-c2ccc(C(=O)Oc3ccc(C=Nc4ccc5c(c4)OCCOCCOc4ccc(N=Cc6ccc(OC(=O)c7ccc(-c8ccc(OCCCCCCC)cc8)cc7)cc6)cc4OCCOCCO5)cc3)cc2)cc1. The van der Waals surface area contributed by atoms with E-state index in [4.69, 9.17) is 47.4 Å². The van der Waals surface area contributed by atoms with Crippen LogP contribution in [0.25, 0.3) is 22.3 Å². The number of carbonyl (C=O) groups is 2. The number of benzene rings is 8. The third-order valence-electron chi connectivity index (χ3n) is 14.4. The Morgan fingerprint density at radius 1 is 0.364 bits per heavy atom. The van der Waals surface area contributed by atoms with Gasteiger partial charge in [0.1, 0.15) is 49.4 Å². The van der Waals surface area contributed by atoms with Crippen molar-refractivity contribution < 1.29 is 57.0 Å². The van der Waals surface area contributed by atoms with Gasteiger partial charge in [-0.15, -0.1) is 0 Å². The maximum absolute atomic E-state index is 13.1. The summed E-state index contributed by atoms with van der Waals surface area (Å²) >= 11 is 0. The standard InChI is InChI=1S/C74H78N2O12/c1-3-5-7-9-11-41-81-65-35-25-59(26-36-65)57-17-21-61(22-18-57)73(77)87-67-31-13-55(14-32-67)53-75-63-29-39-69-71(51-63)85-49-45-79-44-48-84-70-40-30-64(52-72(70)86-50-46-80-43-47-83-69)76-54-56-15-33-68(34-16-56)88-74(78)62-23-19-58(20-24-62)60-27-37-66(38-28-60)82-42-12-10-8-6-4-2/h13-40,51-54H,3-12,41-50H2,1-2H3. The highest BCUT2D eigenvalue weighted by atomic mass is 16.6. The molecule has 0 atom stereocenters. The Bertz CT molecular complexity index is 3230. The number of rotatable bonds is 24. The molecule has 0 radical (unpaired) electrons. The lowest BCUT2D eigenvalue weighted by Gasteiger charge is -2.16. The molecule has 0 fully saturated rings. The van der Waals surface area contributed by atoms with Gasteiger partial charge in [-0.05, 0) is 168 Å². The van der Waals surface area contributed by atoms with Gasteiger partial charge in [-0.1, -0.05) is 114 Å². The molecule has 0 amide bonds. The van der Waals surface area contributed by atoms with Crippen LogP contribution in [-0.2, 0) is 9.47 Å². The van der Waals surface area contributed by atoms with Crippen LogP contribution in [0, 0.1) is 0 Å². The second-order valence-electron chi connectivity index (χ2n) is 21.0. The summed E-state index contributed by atoms with van der Waals surface area (Å²) in [5, 5.41) is 0. The van der Waals surface area contributed by atoms with Crippen LogP contribution < -0.4 is 37.9 Å². The van der Waals surface area contributed by atoms with Crippen molar-refractivity contribution in [1.29, 1.82) is 0 Å². The van der Waals surface area contributed by atoms with E-state index in [9.17, 15) is 9.59 Å². The molecule has 0 saturated carbocycles. The molecule has 0 saturated heterocycles. The summed E-state index contributed by atoms with van der Waals surface area (Å²) in [5.41, 5.74) is 7.88. The number of aliphatic imine (C=N–C) groups is 2. The first-order valence-corrected chi connectivity index (χ1v) is 30.7. The molecule has 14 heteroatoms. The normalized spacial score (nSPS) is 13.1. The first-order valence-electron chi connectivity index (χ1n) is 30.7. The van der Waals surface area contributed by atoms with E-state index in [2.05, 4.69) is 23.8 Å². The number of carbonyl (C=O) groups excluding carboxylic acids is 2. The smallest absolute Gasteiger partial charge is 0.343 e. The lowest BCUT2D eigenvalue weighted by molar-refractivity contribution is 0.0640. The van der Waals surface area contributed by atoms with Gasteiger partial charge in [0.25, 0.3) is 0 Å². The molecule has 0 aliphatic carbocycles. The average molecular weight is 1190 g/mol. The fourth-order valence-corrected chi connectivity index (χ4v) is 9.41. The van der Waals surface area contributed by atoms with Crippen LogP contribution in [0.2, 0.25) is 0 Å². The van der Waals surface area contributed by atoms with Gasteiger partial charge >= 0.3 is 11.9 Å². The first-order chi connectivity index (χ1) is 43.3. The van der Waals surface area contributed by atoms with E-state index in [1.807, 2.05) is 133 Å². The molecule has 1 heterocycles. The second kappa shape index (κ2) is 34.8. The van der Waals surface area contributed by atoms with Crippen molar-refractivity contribution in [2.75, 3.05) is 66.1 Å². The summed E-state index contributed by atoms with van der Waals surface area (Å²) in [6, 6.07) is 56.1. The molecule has 8 aromatic carbocycles. The number of fused-ring (bicyclic) bond motifs is 2. The van der Waals surface area contributed by atoms with Gasteiger partial charge in [-0.3, -0.25) is 9.98 Å². The largest absolute Gasteiger partial charge is 0.494 e. The zero-order chi connectivity index (χ0) is 60.8. The number of nitrogens with zero attached hydrogens (tertiary/aromatic N) is 2. The van der Waals surface area contributed by atoms with Crippen molar-refractivity contribution in [3.8, 4) is 68.2 Å². The van der Waals surface area contributed by atoms with Crippen LogP contribution in [0.4, 0.5) is 11.4 Å². The van der Waals surface area contributed by atoms with E-state index in [0.29, 0.717) is 83.4 Å². The highest BCUT2D eigenvalue weighted by Gasteiger charge is 2.14. The maximum Gasteiger partial charge on any atom is 0.343 e. The van der Waals surface area contributed by atoms with Gasteiger partial charge in [-0.25, -0.2) is 9.59 Å². The molecule has 0 bridgehead atoms. The molecule has 456 valence electrons. The van der Waals surface area contributed by atoms with Crippen LogP contribution in [0.15, 0.2) is 192 Å². The number of ether oxygens (including phenoxy) is 10. The lowest BCUT2D eigenvalue weighted by Crippen LogP contribution is -2.15. The molecular weight excluding hydrogens is 1110 g/mol. The Morgan fingerprint density at radius 3 is 1.06 bits per heavy atom. The summed E-state index contributed by atoms with van der Waals surface area (Å²) in [6.07, 6.45) is 15.5. The number of hydrogen-bond donors (Lipinski definition) is 0. The van der Waals surface area contributed by atoms with E-state index in [1.165, 1.54) is 51.4 Å². The molecule has 0 N–H and O–H groups in total. The molecule has 9 rings (SSSR count). The fourth-order valence-electron chi connectivity index (χ4n) is 9.41. The van der Waals surface area contributed by atoms with Crippen molar-refractivity contribution in [1.82, 2.24) is 0 Å². The van der Waals surface area contributed by atoms with Gasteiger partial charge in [0.15, 0.2) is 23.0 Å². The van der Waals surface area contributed by atoms with Gasteiger partial charge in [-0.2, -0.15) is 0 Å². The summed E-state index contributed by atoms with van der Waals surface area (Å²) in [7, 11) is 0. The van der Waals surface area contributed by atoms with Crippen LogP contribution in [0.3, 0.4) is 0 Å². The molecule has 0 aromatic heterocycles. The molecule has 14 nitrogen and oxygen atoms in total. The van der Waals surface area contributed by atoms with Gasteiger partial charge in [0.2, 0.25) is 0 Å². The minimum atomic E-state index is -0.446. The summed E-state index contributed by atoms with van der Waals surface area (Å²) in [4.78, 5) is 35.5. The van der Waals surface area contributed by atoms with Gasteiger partial charge in [0.05, 0.1) is 62.1 Å². The van der Waals surface area contributed by atoms with E-state index in [0.717, 1.165) is 70.9 Å². The summed E-state index contributed by atoms with van der Waals surface area (Å²) < 4.78 is 59.5. The zero-order valence-corrected chi connectivity index (χ0v) is 50.4. The molecule has 0 unspecified atom stereocenters. The molecule has 1 aliphatic heterocycles. The van der Waals surface area contributed by atoms with Crippen molar-refractivity contribution in [2.24, 2.45) is 9.98 Å². The Morgan fingerprint density at radius 2 is 0.693 bits per heavy atom.